The van der Waals surface area contributed by atoms with Gasteiger partial charge in [0.2, 0.25) is 0 Å². The van der Waals surface area contributed by atoms with E-state index in [4.69, 9.17) is 0 Å². The Bertz CT molecular complexity index is 543. The lowest BCUT2D eigenvalue weighted by molar-refractivity contribution is 0.0923. The van der Waals surface area contributed by atoms with Crippen LogP contribution < -0.4 is 5.32 Å². The second-order valence-electron chi connectivity index (χ2n) is 4.40. The molecule has 1 atom stereocenters. The fourth-order valence-electron chi connectivity index (χ4n) is 2.03. The first-order valence-electron chi connectivity index (χ1n) is 6.50. The summed E-state index contributed by atoms with van der Waals surface area (Å²) in [6.45, 7) is 6.53. The summed E-state index contributed by atoms with van der Waals surface area (Å²) in [6.07, 6.45) is 4.22. The first kappa shape index (κ1) is 13.3. The van der Waals surface area contributed by atoms with Crippen molar-refractivity contribution in [1.29, 1.82) is 0 Å². The van der Waals surface area contributed by atoms with Gasteiger partial charge < -0.3 is 10.3 Å². The maximum atomic E-state index is 12.3. The van der Waals surface area contributed by atoms with Crippen LogP contribution in [0.2, 0.25) is 0 Å². The van der Waals surface area contributed by atoms with Gasteiger partial charge in [0.25, 0.3) is 5.91 Å². The van der Waals surface area contributed by atoms with Crippen molar-refractivity contribution in [3.05, 3.63) is 35.7 Å². The maximum absolute atomic E-state index is 12.3. The molecule has 6 nitrogen and oxygen atoms in total. The Morgan fingerprint density at radius 1 is 1.53 bits per heavy atom. The van der Waals surface area contributed by atoms with E-state index >= 15 is 0 Å². The Morgan fingerprint density at radius 2 is 2.32 bits per heavy atom. The highest BCUT2D eigenvalue weighted by Gasteiger charge is 2.19. The summed E-state index contributed by atoms with van der Waals surface area (Å²) in [6, 6.07) is 1.69. The minimum Gasteiger partial charge on any atom is -0.347 e. The zero-order valence-corrected chi connectivity index (χ0v) is 11.5. The molecule has 0 radical (unpaired) electrons. The van der Waals surface area contributed by atoms with Crippen molar-refractivity contribution in [3.63, 3.8) is 0 Å². The van der Waals surface area contributed by atoms with Crippen LogP contribution in [0.25, 0.3) is 0 Å². The van der Waals surface area contributed by atoms with E-state index in [0.29, 0.717) is 12.2 Å². The van der Waals surface area contributed by atoms with E-state index in [0.717, 1.165) is 17.9 Å². The number of rotatable bonds is 5. The zero-order valence-electron chi connectivity index (χ0n) is 11.5. The second-order valence-corrected chi connectivity index (χ2v) is 4.40. The standard InChI is InChI=1S/C13H19N5O/c1-4-10(12-14-6-7-15-12)16-13(19)11-8-9(3)17-18(11)5-2/h6-8,10H,4-5H2,1-3H3,(H,14,15)(H,16,19). The van der Waals surface area contributed by atoms with Crippen molar-refractivity contribution in [2.45, 2.75) is 39.8 Å². The molecule has 2 aromatic heterocycles. The minimum absolute atomic E-state index is 0.108. The van der Waals surface area contributed by atoms with Crippen molar-refractivity contribution in [1.82, 2.24) is 25.1 Å². The molecule has 0 spiro atoms. The molecule has 0 saturated carbocycles. The molecule has 0 bridgehead atoms. The summed E-state index contributed by atoms with van der Waals surface area (Å²) in [5.74, 6) is 0.654. The van der Waals surface area contributed by atoms with E-state index in [2.05, 4.69) is 20.4 Å². The first-order valence-corrected chi connectivity index (χ1v) is 6.50. The summed E-state index contributed by atoms with van der Waals surface area (Å²) >= 11 is 0. The van der Waals surface area contributed by atoms with Gasteiger partial charge in [-0.2, -0.15) is 5.10 Å². The predicted molar refractivity (Wildman–Crippen MR) is 71.7 cm³/mol. The molecule has 0 aliphatic carbocycles. The van der Waals surface area contributed by atoms with E-state index < -0.39 is 0 Å². The molecule has 6 heteroatoms. The Labute approximate surface area is 112 Å². The third kappa shape index (κ3) is 2.83. The number of nitrogens with zero attached hydrogens (tertiary/aromatic N) is 3. The molecule has 2 aromatic rings. The summed E-state index contributed by atoms with van der Waals surface area (Å²) in [5.41, 5.74) is 1.43. The molecule has 2 N–H and O–H groups in total. The monoisotopic (exact) mass is 261 g/mol. The lowest BCUT2D eigenvalue weighted by atomic mass is 10.2. The Morgan fingerprint density at radius 3 is 2.89 bits per heavy atom. The van der Waals surface area contributed by atoms with Gasteiger partial charge in [-0.3, -0.25) is 9.48 Å². The minimum atomic E-state index is -0.120. The largest absolute Gasteiger partial charge is 0.347 e. The number of H-pyrrole nitrogens is 1. The van der Waals surface area contributed by atoms with Crippen molar-refractivity contribution >= 4 is 5.91 Å². The quantitative estimate of drug-likeness (QED) is 0.862. The topological polar surface area (TPSA) is 75.6 Å². The van der Waals surface area contributed by atoms with Crippen LogP contribution in [-0.4, -0.2) is 25.7 Å². The van der Waals surface area contributed by atoms with Crippen LogP contribution in [0.15, 0.2) is 18.5 Å². The number of amides is 1. The van der Waals surface area contributed by atoms with Crippen molar-refractivity contribution < 1.29 is 4.79 Å². The van der Waals surface area contributed by atoms with Crippen LogP contribution in [-0.2, 0) is 6.54 Å². The molecule has 1 amide bonds. The summed E-state index contributed by atoms with van der Waals surface area (Å²) in [5, 5.41) is 7.26. The molecular weight excluding hydrogens is 242 g/mol. The number of nitrogens with one attached hydrogen (secondary N) is 2. The van der Waals surface area contributed by atoms with Gasteiger partial charge >= 0.3 is 0 Å². The van der Waals surface area contributed by atoms with E-state index in [9.17, 15) is 4.79 Å². The van der Waals surface area contributed by atoms with Crippen LogP contribution in [0, 0.1) is 6.92 Å². The number of imidazole rings is 1. The highest BCUT2D eigenvalue weighted by Crippen LogP contribution is 2.13. The van der Waals surface area contributed by atoms with E-state index in [1.165, 1.54) is 0 Å². The van der Waals surface area contributed by atoms with Crippen LogP contribution in [0.4, 0.5) is 0 Å². The highest BCUT2D eigenvalue weighted by molar-refractivity contribution is 5.92. The number of aryl methyl sites for hydroxylation is 2. The van der Waals surface area contributed by atoms with Crippen molar-refractivity contribution in [3.8, 4) is 0 Å². The predicted octanol–water partition coefficient (Wildman–Crippen LogP) is 1.82. The van der Waals surface area contributed by atoms with Gasteiger partial charge in [0.1, 0.15) is 11.5 Å². The second kappa shape index (κ2) is 5.69. The lowest BCUT2D eigenvalue weighted by Crippen LogP contribution is -2.30. The molecule has 1 unspecified atom stereocenters. The number of hydrogen-bond acceptors (Lipinski definition) is 3. The molecule has 0 aliphatic heterocycles. The summed E-state index contributed by atoms with van der Waals surface area (Å²) in [4.78, 5) is 19.5. The average molecular weight is 261 g/mol. The SMILES string of the molecule is CCC(NC(=O)c1cc(C)nn1CC)c1ncc[nH]1. The molecule has 2 heterocycles. The number of carbonyl (C=O) groups excluding carboxylic acids is 1. The zero-order chi connectivity index (χ0) is 13.8. The third-order valence-corrected chi connectivity index (χ3v) is 3.00. The normalized spacial score (nSPS) is 12.4. The highest BCUT2D eigenvalue weighted by atomic mass is 16.2. The van der Waals surface area contributed by atoms with Crippen molar-refractivity contribution in [2.75, 3.05) is 0 Å². The molecule has 0 aliphatic rings. The maximum Gasteiger partial charge on any atom is 0.270 e. The molecule has 0 aromatic carbocycles. The van der Waals surface area contributed by atoms with E-state index in [1.807, 2.05) is 20.8 Å². The molecule has 0 saturated heterocycles. The lowest BCUT2D eigenvalue weighted by Gasteiger charge is -2.14. The number of carbonyl (C=O) groups is 1. The summed E-state index contributed by atoms with van der Waals surface area (Å²) in [7, 11) is 0. The van der Waals surface area contributed by atoms with Gasteiger partial charge in [0.05, 0.1) is 11.7 Å². The van der Waals surface area contributed by atoms with Crippen molar-refractivity contribution in [2.24, 2.45) is 0 Å². The van der Waals surface area contributed by atoms with Crippen LogP contribution in [0.1, 0.15) is 48.3 Å². The van der Waals surface area contributed by atoms with Gasteiger partial charge in [-0.1, -0.05) is 6.92 Å². The Balaban J connectivity index is 2.15. The van der Waals surface area contributed by atoms with Gasteiger partial charge in [0.15, 0.2) is 0 Å². The van der Waals surface area contributed by atoms with E-state index in [1.54, 1.807) is 23.1 Å². The average Bonchev–Trinajstić information content (AvgIpc) is 3.04. The van der Waals surface area contributed by atoms with Gasteiger partial charge in [-0.15, -0.1) is 0 Å². The number of aromatic amines is 1. The van der Waals surface area contributed by atoms with Gasteiger partial charge in [0, 0.05) is 18.9 Å². The fourth-order valence-corrected chi connectivity index (χ4v) is 2.03. The summed E-state index contributed by atoms with van der Waals surface area (Å²) < 4.78 is 1.71. The molecule has 19 heavy (non-hydrogen) atoms. The molecule has 0 fully saturated rings. The van der Waals surface area contributed by atoms with E-state index in [-0.39, 0.29) is 11.9 Å². The Hall–Kier alpha value is -2.11. The Kier molecular flexibility index (Phi) is 3.99. The van der Waals surface area contributed by atoms with Crippen LogP contribution >= 0.6 is 0 Å². The molecule has 102 valence electrons. The fraction of sp³-hybridized carbons (Fsp3) is 0.462. The third-order valence-electron chi connectivity index (χ3n) is 3.00. The van der Waals surface area contributed by atoms with Crippen LogP contribution in [0.3, 0.4) is 0 Å². The molecular formula is C13H19N5O. The number of aromatic nitrogens is 4. The number of hydrogen-bond donors (Lipinski definition) is 2. The van der Waals surface area contributed by atoms with Gasteiger partial charge in [-0.05, 0) is 26.3 Å². The smallest absolute Gasteiger partial charge is 0.270 e. The molecule has 2 rings (SSSR count). The van der Waals surface area contributed by atoms with Gasteiger partial charge in [-0.25, -0.2) is 4.98 Å². The van der Waals surface area contributed by atoms with Crippen LogP contribution in [0.5, 0.6) is 0 Å². The first-order chi connectivity index (χ1) is 9.15.